The molecule has 0 unspecified atom stereocenters. The summed E-state index contributed by atoms with van der Waals surface area (Å²) in [7, 11) is 0. The minimum absolute atomic E-state index is 0.0551. The first-order chi connectivity index (χ1) is 12.6. The largest absolute Gasteiger partial charge is 0.464 e. The first kappa shape index (κ1) is 16.1. The number of rotatable bonds is 3. The third-order valence-corrected chi connectivity index (χ3v) is 5.43. The number of hydrogen-bond donors (Lipinski definition) is 3. The lowest BCUT2D eigenvalue weighted by atomic mass is 10.0. The summed E-state index contributed by atoms with van der Waals surface area (Å²) in [4.78, 5) is 21.6. The zero-order valence-corrected chi connectivity index (χ0v) is 14.6. The van der Waals surface area contributed by atoms with Crippen LogP contribution in [-0.4, -0.2) is 15.9 Å². The topological polar surface area (TPSA) is 144 Å². The number of thiazole rings is 1. The molecule has 10 heteroatoms. The van der Waals surface area contributed by atoms with Gasteiger partial charge in [-0.15, -0.1) is 22.7 Å². The molecule has 128 valence electrons. The summed E-state index contributed by atoms with van der Waals surface area (Å²) in [6.45, 7) is 0. The Balaban J connectivity index is 1.94. The Labute approximate surface area is 154 Å². The van der Waals surface area contributed by atoms with Crippen LogP contribution in [0.3, 0.4) is 0 Å². The van der Waals surface area contributed by atoms with Gasteiger partial charge in [0, 0.05) is 17.0 Å². The second kappa shape index (κ2) is 6.14. The zero-order valence-electron chi connectivity index (χ0n) is 13.0. The smallest absolute Gasteiger partial charge is 0.269 e. The number of thiophene rings is 1. The van der Waals surface area contributed by atoms with Crippen molar-refractivity contribution in [2.75, 3.05) is 16.8 Å². The van der Waals surface area contributed by atoms with Gasteiger partial charge in [-0.1, -0.05) is 0 Å². The Morgan fingerprint density at radius 1 is 1.38 bits per heavy atom. The fourth-order valence-corrected chi connectivity index (χ4v) is 4.09. The first-order valence-corrected chi connectivity index (χ1v) is 8.96. The van der Waals surface area contributed by atoms with Crippen LogP contribution in [0.15, 0.2) is 34.4 Å². The molecule has 4 aromatic rings. The molecular formula is C16H10N6O2S2. The Kier molecular flexibility index (Phi) is 3.80. The Morgan fingerprint density at radius 3 is 2.88 bits per heavy atom. The molecule has 26 heavy (non-hydrogen) atoms. The van der Waals surface area contributed by atoms with Crippen LogP contribution in [-0.2, 0) is 0 Å². The molecular weight excluding hydrogens is 372 g/mol. The molecule has 1 amide bonds. The molecule has 0 aromatic carbocycles. The van der Waals surface area contributed by atoms with Gasteiger partial charge in [-0.3, -0.25) is 10.1 Å². The van der Waals surface area contributed by atoms with Crippen molar-refractivity contribution >= 4 is 55.4 Å². The Bertz CT molecular complexity index is 1160. The third-order valence-electron chi connectivity index (χ3n) is 3.64. The van der Waals surface area contributed by atoms with E-state index >= 15 is 0 Å². The molecule has 0 spiro atoms. The number of aromatic nitrogens is 2. The van der Waals surface area contributed by atoms with Crippen molar-refractivity contribution in [1.82, 2.24) is 9.97 Å². The summed E-state index contributed by atoms with van der Waals surface area (Å²) in [6, 6.07) is 5.43. The normalized spacial score (nSPS) is 10.7. The van der Waals surface area contributed by atoms with E-state index in [1.165, 1.54) is 17.6 Å². The first-order valence-electron chi connectivity index (χ1n) is 7.26. The summed E-state index contributed by atoms with van der Waals surface area (Å²) in [5.41, 5.74) is 13.0. The highest BCUT2D eigenvalue weighted by Crippen LogP contribution is 2.42. The number of furan rings is 1. The summed E-state index contributed by atoms with van der Waals surface area (Å²) in [5.74, 6) is 0.0829. The number of amides is 1. The summed E-state index contributed by atoms with van der Waals surface area (Å²) in [5, 5.41) is 14.9. The minimum atomic E-state index is -0.400. The van der Waals surface area contributed by atoms with Gasteiger partial charge in [0.05, 0.1) is 17.5 Å². The number of nitrogens with zero attached hydrogens (tertiary/aromatic N) is 3. The van der Waals surface area contributed by atoms with Crippen LogP contribution >= 0.6 is 22.7 Å². The monoisotopic (exact) mass is 382 g/mol. The van der Waals surface area contributed by atoms with Gasteiger partial charge in [0.1, 0.15) is 32.9 Å². The van der Waals surface area contributed by atoms with Crippen LogP contribution in [0.1, 0.15) is 15.2 Å². The highest BCUT2D eigenvalue weighted by Gasteiger charge is 2.25. The Morgan fingerprint density at radius 2 is 2.23 bits per heavy atom. The molecule has 0 radical (unpaired) electrons. The standard InChI is InChI=1S/C16H10N6O2S2/c17-6-7-9(8-2-1-4-24-8)10-11(18)12(26-15(10)21-13(7)19)14(23)22-16-20-3-5-25-16/h1-5H,18H2,(H2,19,21)(H,20,22,23). The van der Waals surface area contributed by atoms with Crippen LogP contribution in [0.5, 0.6) is 0 Å². The van der Waals surface area contributed by atoms with Crippen LogP contribution in [0.2, 0.25) is 0 Å². The molecule has 0 aliphatic heterocycles. The van der Waals surface area contributed by atoms with Crippen LogP contribution in [0.25, 0.3) is 21.5 Å². The summed E-state index contributed by atoms with van der Waals surface area (Å²) >= 11 is 2.39. The second-order valence-electron chi connectivity index (χ2n) is 5.15. The van der Waals surface area contributed by atoms with Gasteiger partial charge in [0.2, 0.25) is 0 Å². The Hall–Kier alpha value is -3.42. The van der Waals surface area contributed by atoms with Gasteiger partial charge >= 0.3 is 0 Å². The van der Waals surface area contributed by atoms with Crippen LogP contribution in [0, 0.1) is 11.3 Å². The number of nitriles is 1. The van der Waals surface area contributed by atoms with E-state index in [9.17, 15) is 10.1 Å². The predicted octanol–water partition coefficient (Wildman–Crippen LogP) is 3.30. The fraction of sp³-hybridized carbons (Fsp3) is 0. The number of fused-ring (bicyclic) bond motifs is 1. The molecule has 0 saturated heterocycles. The van der Waals surface area contributed by atoms with E-state index in [1.54, 1.807) is 23.7 Å². The number of carbonyl (C=O) groups is 1. The molecule has 5 N–H and O–H groups in total. The molecule has 8 nitrogen and oxygen atoms in total. The molecule has 0 aliphatic carbocycles. The van der Waals surface area contributed by atoms with E-state index in [0.29, 0.717) is 26.7 Å². The van der Waals surface area contributed by atoms with E-state index in [-0.39, 0.29) is 21.9 Å². The van der Waals surface area contributed by atoms with Crippen molar-refractivity contribution in [1.29, 1.82) is 5.26 Å². The lowest BCUT2D eigenvalue weighted by molar-refractivity contribution is 0.103. The van der Waals surface area contributed by atoms with E-state index in [1.807, 2.05) is 6.07 Å². The predicted molar refractivity (Wildman–Crippen MR) is 101 cm³/mol. The number of nitrogens with two attached hydrogens (primary N) is 2. The van der Waals surface area contributed by atoms with Crippen molar-refractivity contribution in [3.63, 3.8) is 0 Å². The number of pyridine rings is 1. The van der Waals surface area contributed by atoms with E-state index in [2.05, 4.69) is 15.3 Å². The average Bonchev–Trinajstić information content (AvgIpc) is 3.35. The highest BCUT2D eigenvalue weighted by atomic mass is 32.1. The van der Waals surface area contributed by atoms with Crippen LogP contribution < -0.4 is 16.8 Å². The average molecular weight is 382 g/mol. The molecule has 0 aliphatic rings. The fourth-order valence-electron chi connectivity index (χ4n) is 2.56. The van der Waals surface area contributed by atoms with E-state index in [4.69, 9.17) is 15.9 Å². The lowest BCUT2D eigenvalue weighted by Gasteiger charge is -2.06. The van der Waals surface area contributed by atoms with Gasteiger partial charge in [-0.25, -0.2) is 9.97 Å². The van der Waals surface area contributed by atoms with Gasteiger partial charge in [-0.2, -0.15) is 5.26 Å². The van der Waals surface area contributed by atoms with Crippen LogP contribution in [0.4, 0.5) is 16.6 Å². The van der Waals surface area contributed by atoms with Gasteiger partial charge in [0.15, 0.2) is 5.13 Å². The number of nitrogens with one attached hydrogen (secondary N) is 1. The number of carbonyl (C=O) groups excluding carboxylic acids is 1. The molecule has 4 rings (SSSR count). The quantitative estimate of drug-likeness (QED) is 0.493. The molecule has 4 aromatic heterocycles. The van der Waals surface area contributed by atoms with Crippen molar-refractivity contribution in [2.45, 2.75) is 0 Å². The maximum atomic E-state index is 12.6. The molecule has 4 heterocycles. The maximum Gasteiger partial charge on any atom is 0.269 e. The summed E-state index contributed by atoms with van der Waals surface area (Å²) < 4.78 is 5.44. The van der Waals surface area contributed by atoms with Gasteiger partial charge < -0.3 is 15.9 Å². The highest BCUT2D eigenvalue weighted by molar-refractivity contribution is 7.21. The minimum Gasteiger partial charge on any atom is -0.464 e. The van der Waals surface area contributed by atoms with Crippen molar-refractivity contribution < 1.29 is 9.21 Å². The zero-order chi connectivity index (χ0) is 18.3. The summed E-state index contributed by atoms with van der Waals surface area (Å²) in [6.07, 6.45) is 3.07. The second-order valence-corrected chi connectivity index (χ2v) is 7.05. The van der Waals surface area contributed by atoms with Crippen molar-refractivity contribution in [2.24, 2.45) is 0 Å². The molecule has 0 fully saturated rings. The van der Waals surface area contributed by atoms with E-state index in [0.717, 1.165) is 11.3 Å². The van der Waals surface area contributed by atoms with E-state index < -0.39 is 5.91 Å². The van der Waals surface area contributed by atoms with Crippen molar-refractivity contribution in [3.05, 3.63) is 40.4 Å². The number of anilines is 3. The van der Waals surface area contributed by atoms with Crippen molar-refractivity contribution in [3.8, 4) is 17.4 Å². The molecule has 0 bridgehead atoms. The maximum absolute atomic E-state index is 12.6. The van der Waals surface area contributed by atoms with Gasteiger partial charge in [0.25, 0.3) is 5.91 Å². The SMILES string of the molecule is N#Cc1c(N)nc2sc(C(=O)Nc3nccs3)c(N)c2c1-c1ccco1. The molecule has 0 atom stereocenters. The molecule has 0 saturated carbocycles. The van der Waals surface area contributed by atoms with Gasteiger partial charge in [-0.05, 0) is 12.1 Å². The lowest BCUT2D eigenvalue weighted by Crippen LogP contribution is -2.11. The number of hydrogen-bond acceptors (Lipinski definition) is 9. The third kappa shape index (κ3) is 2.46. The number of nitrogen functional groups attached to an aromatic ring is 2.